The Morgan fingerprint density at radius 3 is 2.00 bits per heavy atom. The standard InChI is InChI=1S/C28H31Cl2N3O4S/c1-20(2)31-28(35)25(17-21-11-6-4-7-12-21)32(18-22-13-8-5-9-14-22)26(34)19-33(38(3,36)37)24-16-10-15-23(29)27(24)30/h4-16,20,25H,17-19H2,1-3H3,(H,31,35). The molecule has 1 N–H and O–H groups in total. The summed E-state index contributed by atoms with van der Waals surface area (Å²) >= 11 is 12.5. The summed E-state index contributed by atoms with van der Waals surface area (Å²) in [5, 5.41) is 3.08. The summed E-state index contributed by atoms with van der Waals surface area (Å²) in [7, 11) is -3.94. The van der Waals surface area contributed by atoms with Crippen LogP contribution in [-0.4, -0.2) is 50.0 Å². The maximum atomic E-state index is 14.0. The number of nitrogens with one attached hydrogen (secondary N) is 1. The van der Waals surface area contributed by atoms with Crippen molar-refractivity contribution < 1.29 is 18.0 Å². The van der Waals surface area contributed by atoms with E-state index >= 15 is 0 Å². The summed E-state index contributed by atoms with van der Waals surface area (Å²) in [4.78, 5) is 28.9. The summed E-state index contributed by atoms with van der Waals surface area (Å²) in [5.41, 5.74) is 1.74. The van der Waals surface area contributed by atoms with E-state index in [1.807, 2.05) is 74.5 Å². The van der Waals surface area contributed by atoms with E-state index in [4.69, 9.17) is 23.2 Å². The molecule has 10 heteroatoms. The lowest BCUT2D eigenvalue weighted by Gasteiger charge is -2.34. The van der Waals surface area contributed by atoms with Gasteiger partial charge in [-0.25, -0.2) is 8.42 Å². The van der Waals surface area contributed by atoms with Crippen LogP contribution in [0.15, 0.2) is 78.9 Å². The zero-order valence-electron chi connectivity index (χ0n) is 21.5. The lowest BCUT2D eigenvalue weighted by Crippen LogP contribution is -2.54. The van der Waals surface area contributed by atoms with Crippen molar-refractivity contribution in [1.29, 1.82) is 0 Å². The number of carbonyl (C=O) groups is 2. The van der Waals surface area contributed by atoms with Crippen LogP contribution in [0, 0.1) is 0 Å². The molecule has 7 nitrogen and oxygen atoms in total. The van der Waals surface area contributed by atoms with Crippen LogP contribution < -0.4 is 9.62 Å². The van der Waals surface area contributed by atoms with Crippen molar-refractivity contribution in [2.24, 2.45) is 0 Å². The summed E-state index contributed by atoms with van der Waals surface area (Å²) in [5.74, 6) is -0.894. The minimum atomic E-state index is -3.94. The summed E-state index contributed by atoms with van der Waals surface area (Å²) < 4.78 is 26.6. The fourth-order valence-corrected chi connectivity index (χ4v) is 5.30. The van der Waals surface area contributed by atoms with Gasteiger partial charge in [-0.05, 0) is 37.1 Å². The van der Waals surface area contributed by atoms with E-state index in [0.717, 1.165) is 21.7 Å². The lowest BCUT2D eigenvalue weighted by atomic mass is 10.0. The number of rotatable bonds is 11. The van der Waals surface area contributed by atoms with Gasteiger partial charge in [-0.2, -0.15) is 0 Å². The first-order chi connectivity index (χ1) is 18.0. The minimum absolute atomic E-state index is 0.0142. The van der Waals surface area contributed by atoms with Crippen molar-refractivity contribution in [1.82, 2.24) is 10.2 Å². The molecule has 0 radical (unpaired) electrons. The highest BCUT2D eigenvalue weighted by atomic mass is 35.5. The number of hydrogen-bond acceptors (Lipinski definition) is 4. The fraction of sp³-hybridized carbons (Fsp3) is 0.286. The van der Waals surface area contributed by atoms with Gasteiger partial charge < -0.3 is 10.2 Å². The second-order valence-electron chi connectivity index (χ2n) is 9.22. The van der Waals surface area contributed by atoms with Crippen LogP contribution in [0.4, 0.5) is 5.69 Å². The van der Waals surface area contributed by atoms with Crippen LogP contribution in [0.3, 0.4) is 0 Å². The van der Waals surface area contributed by atoms with Gasteiger partial charge in [0.25, 0.3) is 0 Å². The van der Waals surface area contributed by atoms with E-state index in [0.29, 0.717) is 0 Å². The van der Waals surface area contributed by atoms with Crippen LogP contribution in [0.5, 0.6) is 0 Å². The first-order valence-electron chi connectivity index (χ1n) is 12.1. The maximum absolute atomic E-state index is 14.0. The molecule has 0 saturated carbocycles. The van der Waals surface area contributed by atoms with Crippen LogP contribution in [-0.2, 0) is 32.6 Å². The number of nitrogens with zero attached hydrogens (tertiary/aromatic N) is 2. The number of hydrogen-bond donors (Lipinski definition) is 1. The van der Waals surface area contributed by atoms with E-state index < -0.39 is 28.5 Å². The van der Waals surface area contributed by atoms with Crippen LogP contribution in [0.25, 0.3) is 0 Å². The van der Waals surface area contributed by atoms with Crippen LogP contribution in [0.1, 0.15) is 25.0 Å². The Bertz CT molecular complexity index is 1350. The Hall–Kier alpha value is -3.07. The molecule has 0 aromatic heterocycles. The predicted molar refractivity (Wildman–Crippen MR) is 153 cm³/mol. The van der Waals surface area contributed by atoms with Gasteiger partial charge in [0, 0.05) is 19.0 Å². The molecule has 0 aliphatic heterocycles. The Morgan fingerprint density at radius 2 is 1.45 bits per heavy atom. The van der Waals surface area contributed by atoms with E-state index in [1.165, 1.54) is 17.0 Å². The first kappa shape index (κ1) is 29.5. The molecule has 0 aliphatic carbocycles. The highest BCUT2D eigenvalue weighted by Gasteiger charge is 2.33. The van der Waals surface area contributed by atoms with Gasteiger partial charge in [-0.15, -0.1) is 0 Å². The van der Waals surface area contributed by atoms with Gasteiger partial charge in [-0.1, -0.05) is 89.9 Å². The third-order valence-corrected chi connectivity index (χ3v) is 7.71. The lowest BCUT2D eigenvalue weighted by molar-refractivity contribution is -0.140. The Kier molecular flexibility index (Phi) is 10.2. The first-order valence-corrected chi connectivity index (χ1v) is 14.7. The van der Waals surface area contributed by atoms with Gasteiger partial charge in [0.2, 0.25) is 21.8 Å². The maximum Gasteiger partial charge on any atom is 0.244 e. The van der Waals surface area contributed by atoms with E-state index in [-0.39, 0.29) is 40.6 Å². The highest BCUT2D eigenvalue weighted by molar-refractivity contribution is 7.92. The quantitative estimate of drug-likeness (QED) is 0.351. The number of anilines is 1. The van der Waals surface area contributed by atoms with E-state index in [2.05, 4.69) is 5.32 Å². The Morgan fingerprint density at radius 1 is 0.868 bits per heavy atom. The van der Waals surface area contributed by atoms with Crippen molar-refractivity contribution >= 4 is 50.7 Å². The molecular formula is C28H31Cl2N3O4S. The molecule has 2 amide bonds. The molecule has 202 valence electrons. The number of benzene rings is 3. The van der Waals surface area contributed by atoms with Gasteiger partial charge in [0.1, 0.15) is 12.6 Å². The van der Waals surface area contributed by atoms with Crippen molar-refractivity contribution in [3.63, 3.8) is 0 Å². The van der Waals surface area contributed by atoms with Crippen molar-refractivity contribution in [3.8, 4) is 0 Å². The number of halogens is 2. The molecular weight excluding hydrogens is 545 g/mol. The minimum Gasteiger partial charge on any atom is -0.352 e. The number of carbonyl (C=O) groups excluding carboxylic acids is 2. The average molecular weight is 577 g/mol. The van der Waals surface area contributed by atoms with Gasteiger partial charge in [0.05, 0.1) is 22.0 Å². The van der Waals surface area contributed by atoms with Crippen LogP contribution >= 0.6 is 23.2 Å². The molecule has 3 aromatic carbocycles. The summed E-state index contributed by atoms with van der Waals surface area (Å²) in [6.45, 7) is 3.22. The zero-order chi connectivity index (χ0) is 27.9. The van der Waals surface area contributed by atoms with Crippen molar-refractivity contribution in [2.45, 2.75) is 38.9 Å². The fourth-order valence-electron chi connectivity index (χ4n) is 3.99. The van der Waals surface area contributed by atoms with Crippen molar-refractivity contribution in [3.05, 3.63) is 100 Å². The van der Waals surface area contributed by atoms with Gasteiger partial charge in [0.15, 0.2) is 0 Å². The predicted octanol–water partition coefficient (Wildman–Crippen LogP) is 4.92. The SMILES string of the molecule is CC(C)NC(=O)C(Cc1ccccc1)N(Cc1ccccc1)C(=O)CN(c1cccc(Cl)c1Cl)S(C)(=O)=O. The molecule has 3 aromatic rings. The molecule has 0 aliphatic rings. The molecule has 1 unspecified atom stereocenters. The molecule has 0 heterocycles. The average Bonchev–Trinajstić information content (AvgIpc) is 2.86. The number of amides is 2. The van der Waals surface area contributed by atoms with Crippen LogP contribution in [0.2, 0.25) is 10.0 Å². The van der Waals surface area contributed by atoms with Crippen molar-refractivity contribution in [2.75, 3.05) is 17.1 Å². The molecule has 0 spiro atoms. The summed E-state index contributed by atoms with van der Waals surface area (Å²) in [6.07, 6.45) is 1.24. The Labute approximate surface area is 234 Å². The van der Waals surface area contributed by atoms with E-state index in [9.17, 15) is 18.0 Å². The van der Waals surface area contributed by atoms with Gasteiger partial charge in [-0.3, -0.25) is 13.9 Å². The molecule has 3 rings (SSSR count). The normalized spacial score (nSPS) is 12.2. The number of sulfonamides is 1. The smallest absolute Gasteiger partial charge is 0.244 e. The molecule has 0 fully saturated rings. The highest BCUT2D eigenvalue weighted by Crippen LogP contribution is 2.33. The van der Waals surface area contributed by atoms with E-state index in [1.54, 1.807) is 6.07 Å². The third-order valence-electron chi connectivity index (χ3n) is 5.78. The second kappa shape index (κ2) is 13.1. The molecule has 38 heavy (non-hydrogen) atoms. The third kappa shape index (κ3) is 7.96. The molecule has 0 saturated heterocycles. The largest absolute Gasteiger partial charge is 0.352 e. The zero-order valence-corrected chi connectivity index (χ0v) is 23.8. The second-order valence-corrected chi connectivity index (χ2v) is 11.9. The molecule has 1 atom stereocenters. The Balaban J connectivity index is 2.06. The van der Waals surface area contributed by atoms with Gasteiger partial charge >= 0.3 is 0 Å². The monoisotopic (exact) mass is 575 g/mol. The topological polar surface area (TPSA) is 86.8 Å². The summed E-state index contributed by atoms with van der Waals surface area (Å²) in [6, 6.07) is 22.1. The molecule has 0 bridgehead atoms.